The normalized spacial score (nSPS) is 15.5. The molecule has 0 spiro atoms. The minimum absolute atomic E-state index is 0.120. The highest BCUT2D eigenvalue weighted by molar-refractivity contribution is 6.34. The summed E-state index contributed by atoms with van der Waals surface area (Å²) in [6.45, 7) is 5.52. The molecule has 84 valence electrons. The van der Waals surface area contributed by atoms with Gasteiger partial charge in [-0.3, -0.25) is 9.69 Å². The van der Waals surface area contributed by atoms with E-state index in [1.165, 1.54) is 4.90 Å². The lowest BCUT2D eigenvalue weighted by Crippen LogP contribution is -2.24. The van der Waals surface area contributed by atoms with Gasteiger partial charge in [-0.25, -0.2) is 0 Å². The lowest BCUT2D eigenvalue weighted by molar-refractivity contribution is -0.113. The number of nitrogens with zero attached hydrogens (tertiary/aromatic N) is 2. The van der Waals surface area contributed by atoms with Gasteiger partial charge in [0.25, 0.3) is 5.91 Å². The number of benzene rings is 1. The highest BCUT2D eigenvalue weighted by atomic mass is 35.5. The molecule has 0 N–H and O–H groups in total. The Labute approximate surface area is 104 Å². The predicted molar refractivity (Wildman–Crippen MR) is 66.4 cm³/mol. The molecule has 1 amide bonds. The first kappa shape index (κ1) is 11.4. The van der Waals surface area contributed by atoms with Gasteiger partial charge in [0.05, 0.1) is 10.7 Å². The number of anilines is 1. The summed E-state index contributed by atoms with van der Waals surface area (Å²) >= 11 is 6.04. The van der Waals surface area contributed by atoms with E-state index in [0.717, 1.165) is 0 Å². The van der Waals surface area contributed by atoms with Crippen molar-refractivity contribution in [3.8, 4) is 6.07 Å². The first-order valence-corrected chi connectivity index (χ1v) is 5.35. The molecule has 0 bridgehead atoms. The molecule has 1 aliphatic heterocycles. The van der Waals surface area contributed by atoms with Gasteiger partial charge in [0.2, 0.25) is 0 Å². The third-order valence-electron chi connectivity index (χ3n) is 2.70. The van der Waals surface area contributed by atoms with E-state index in [4.69, 9.17) is 16.9 Å². The number of rotatable bonds is 1. The average Bonchev–Trinajstić information content (AvgIpc) is 2.52. The van der Waals surface area contributed by atoms with Crippen LogP contribution in [0.3, 0.4) is 0 Å². The van der Waals surface area contributed by atoms with Gasteiger partial charge in [-0.2, -0.15) is 5.26 Å². The van der Waals surface area contributed by atoms with Crippen LogP contribution < -0.4 is 4.90 Å². The number of nitriles is 1. The molecule has 0 saturated heterocycles. The van der Waals surface area contributed by atoms with Gasteiger partial charge in [0.15, 0.2) is 0 Å². The number of halogens is 1. The van der Waals surface area contributed by atoms with Crippen molar-refractivity contribution in [2.24, 2.45) is 0 Å². The lowest BCUT2D eigenvalue weighted by Gasteiger charge is -2.19. The van der Waals surface area contributed by atoms with Crippen molar-refractivity contribution < 1.29 is 4.79 Å². The molecular formula is C13H9ClN2O. The van der Waals surface area contributed by atoms with Crippen LogP contribution >= 0.6 is 11.6 Å². The Bertz CT molecular complexity index is 596. The third-order valence-corrected chi connectivity index (χ3v) is 3.02. The summed E-state index contributed by atoms with van der Waals surface area (Å²) in [6.07, 6.45) is 0. The zero-order valence-electron chi connectivity index (χ0n) is 9.20. The largest absolute Gasteiger partial charge is 0.275 e. The summed E-state index contributed by atoms with van der Waals surface area (Å²) in [5, 5.41) is 9.38. The van der Waals surface area contributed by atoms with E-state index < -0.39 is 0 Å². The van der Waals surface area contributed by atoms with Gasteiger partial charge in [-0.15, -0.1) is 0 Å². The number of carbonyl (C=O) groups is 1. The van der Waals surface area contributed by atoms with Gasteiger partial charge in [-0.05, 0) is 24.6 Å². The highest BCUT2D eigenvalue weighted by Crippen LogP contribution is 2.36. The van der Waals surface area contributed by atoms with Crippen molar-refractivity contribution >= 4 is 23.2 Å². The summed E-state index contributed by atoms with van der Waals surface area (Å²) in [5.74, 6) is -0.372. The monoisotopic (exact) mass is 244 g/mol. The molecule has 4 heteroatoms. The average molecular weight is 245 g/mol. The summed E-state index contributed by atoms with van der Waals surface area (Å²) in [7, 11) is 0. The maximum absolute atomic E-state index is 12.0. The van der Waals surface area contributed by atoms with Crippen LogP contribution in [-0.4, -0.2) is 5.91 Å². The van der Waals surface area contributed by atoms with Gasteiger partial charge in [-0.1, -0.05) is 30.3 Å². The Morgan fingerprint density at radius 2 is 2.06 bits per heavy atom. The Hall–Kier alpha value is -2.05. The second-order valence-corrected chi connectivity index (χ2v) is 4.06. The topological polar surface area (TPSA) is 44.1 Å². The van der Waals surface area contributed by atoms with Crippen LogP contribution in [0.4, 0.5) is 5.69 Å². The second kappa shape index (κ2) is 4.08. The van der Waals surface area contributed by atoms with Crippen molar-refractivity contribution in [2.75, 3.05) is 4.90 Å². The summed E-state index contributed by atoms with van der Waals surface area (Å²) in [4.78, 5) is 13.4. The van der Waals surface area contributed by atoms with Crippen molar-refractivity contribution in [3.05, 3.63) is 52.7 Å². The van der Waals surface area contributed by atoms with E-state index in [0.29, 0.717) is 22.0 Å². The van der Waals surface area contributed by atoms with Crippen LogP contribution in [-0.2, 0) is 4.79 Å². The van der Waals surface area contributed by atoms with Gasteiger partial charge >= 0.3 is 0 Å². The maximum Gasteiger partial charge on any atom is 0.273 e. The molecule has 0 aliphatic carbocycles. The van der Waals surface area contributed by atoms with Crippen LogP contribution in [0.5, 0.6) is 0 Å². The van der Waals surface area contributed by atoms with E-state index in [-0.39, 0.29) is 11.5 Å². The molecule has 0 unspecified atom stereocenters. The van der Waals surface area contributed by atoms with Gasteiger partial charge < -0.3 is 0 Å². The summed E-state index contributed by atoms with van der Waals surface area (Å²) in [6, 6.07) is 8.87. The van der Waals surface area contributed by atoms with Crippen LogP contribution in [0.15, 0.2) is 47.7 Å². The first-order valence-electron chi connectivity index (χ1n) is 4.97. The fourth-order valence-corrected chi connectivity index (χ4v) is 1.95. The number of amides is 1. The Balaban J connectivity index is 2.53. The van der Waals surface area contributed by atoms with E-state index in [1.807, 2.05) is 6.07 Å². The molecule has 0 saturated carbocycles. The molecule has 1 aliphatic rings. The molecule has 3 nitrogen and oxygen atoms in total. The van der Waals surface area contributed by atoms with E-state index >= 15 is 0 Å². The van der Waals surface area contributed by atoms with Crippen LogP contribution in [0.25, 0.3) is 0 Å². The molecule has 0 atom stereocenters. The Morgan fingerprint density at radius 3 is 2.59 bits per heavy atom. The number of hydrogen-bond donors (Lipinski definition) is 0. The maximum atomic E-state index is 12.0. The molecule has 0 aromatic heterocycles. The van der Waals surface area contributed by atoms with E-state index in [2.05, 4.69) is 6.58 Å². The first-order chi connectivity index (χ1) is 8.07. The lowest BCUT2D eigenvalue weighted by atomic mass is 10.2. The van der Waals surface area contributed by atoms with Crippen LogP contribution in [0.2, 0.25) is 5.02 Å². The molecule has 2 rings (SSSR count). The fraction of sp³-hybridized carbons (Fsp3) is 0.0769. The fourth-order valence-electron chi connectivity index (χ4n) is 1.73. The predicted octanol–water partition coefficient (Wildman–Crippen LogP) is 3.04. The molecule has 0 radical (unpaired) electrons. The quantitative estimate of drug-likeness (QED) is 0.762. The number of carbonyl (C=O) groups excluding carboxylic acids is 1. The minimum Gasteiger partial charge on any atom is -0.275 e. The number of allylic oxidation sites excluding steroid dienone is 1. The van der Waals surface area contributed by atoms with Crippen molar-refractivity contribution in [1.29, 1.82) is 5.26 Å². The standard InChI is InChI=1S/C13H9ClN2O/c1-8-9(2)16(13(17)10(8)7-15)12-6-4-3-5-11(12)14/h3-6H,2H2,1H3. The van der Waals surface area contributed by atoms with Crippen LogP contribution in [0.1, 0.15) is 6.92 Å². The summed E-state index contributed by atoms with van der Waals surface area (Å²) < 4.78 is 0. The van der Waals surface area contributed by atoms with Crippen molar-refractivity contribution in [1.82, 2.24) is 0 Å². The SMILES string of the molecule is C=C1C(C)=C(C#N)C(=O)N1c1ccccc1Cl. The van der Waals surface area contributed by atoms with Gasteiger partial charge in [0.1, 0.15) is 11.6 Å². The highest BCUT2D eigenvalue weighted by Gasteiger charge is 2.33. The molecule has 1 aromatic rings. The molecular weight excluding hydrogens is 236 g/mol. The van der Waals surface area contributed by atoms with Gasteiger partial charge in [0, 0.05) is 5.70 Å². The Kier molecular flexibility index (Phi) is 2.74. The number of hydrogen-bond acceptors (Lipinski definition) is 2. The molecule has 17 heavy (non-hydrogen) atoms. The second-order valence-electron chi connectivity index (χ2n) is 3.65. The Morgan fingerprint density at radius 1 is 1.41 bits per heavy atom. The summed E-state index contributed by atoms with van der Waals surface area (Å²) in [5.41, 5.74) is 1.76. The number of para-hydroxylation sites is 1. The minimum atomic E-state index is -0.372. The van der Waals surface area contributed by atoms with E-state index in [1.54, 1.807) is 31.2 Å². The molecule has 0 fully saturated rings. The van der Waals surface area contributed by atoms with Crippen molar-refractivity contribution in [3.63, 3.8) is 0 Å². The zero-order valence-corrected chi connectivity index (χ0v) is 9.95. The third kappa shape index (κ3) is 1.63. The van der Waals surface area contributed by atoms with E-state index in [9.17, 15) is 4.79 Å². The molecule has 1 heterocycles. The van der Waals surface area contributed by atoms with Crippen LogP contribution in [0, 0.1) is 11.3 Å². The smallest absolute Gasteiger partial charge is 0.273 e. The van der Waals surface area contributed by atoms with Crippen molar-refractivity contribution in [2.45, 2.75) is 6.92 Å². The molecule has 1 aromatic carbocycles. The zero-order chi connectivity index (χ0) is 12.6.